The predicted octanol–water partition coefficient (Wildman–Crippen LogP) is 4.80. The Bertz CT molecular complexity index is 968. The number of carbonyl (C=O) groups excluding carboxylic acids is 2. The minimum Gasteiger partial charge on any atom is -0.321 e. The first-order valence-electron chi connectivity index (χ1n) is 8.10. The maximum Gasteiger partial charge on any atom is 0.325 e. The van der Waals surface area contributed by atoms with Crippen LogP contribution in [-0.4, -0.2) is 16.9 Å². The van der Waals surface area contributed by atoms with Crippen LogP contribution in [0.4, 0.5) is 25.7 Å². The van der Waals surface area contributed by atoms with Crippen molar-refractivity contribution in [2.45, 2.75) is 13.8 Å². The number of thiazole rings is 1. The smallest absolute Gasteiger partial charge is 0.321 e. The summed E-state index contributed by atoms with van der Waals surface area (Å²) < 4.78 is 12.9. The van der Waals surface area contributed by atoms with E-state index in [9.17, 15) is 14.0 Å². The third-order valence-corrected chi connectivity index (χ3v) is 4.71. The summed E-state index contributed by atoms with van der Waals surface area (Å²) in [5.74, 6) is -0.753. The predicted molar refractivity (Wildman–Crippen MR) is 105 cm³/mol. The number of aromatic nitrogens is 1. The molecule has 0 fully saturated rings. The molecule has 6 nitrogen and oxygen atoms in total. The van der Waals surface area contributed by atoms with Crippen molar-refractivity contribution in [3.8, 4) is 0 Å². The Hall–Kier alpha value is -3.26. The molecule has 27 heavy (non-hydrogen) atoms. The molecule has 0 saturated carbocycles. The number of anilines is 3. The van der Waals surface area contributed by atoms with Crippen molar-refractivity contribution in [1.29, 1.82) is 0 Å². The van der Waals surface area contributed by atoms with Crippen LogP contribution in [0.5, 0.6) is 0 Å². The summed E-state index contributed by atoms with van der Waals surface area (Å²) in [6, 6.07) is 12.4. The van der Waals surface area contributed by atoms with Crippen molar-refractivity contribution in [3.63, 3.8) is 0 Å². The summed E-state index contributed by atoms with van der Waals surface area (Å²) in [5.41, 5.74) is 2.71. The van der Waals surface area contributed by atoms with Gasteiger partial charge in [0.15, 0.2) is 5.13 Å². The molecule has 1 heterocycles. The third-order valence-electron chi connectivity index (χ3n) is 3.63. The monoisotopic (exact) mass is 384 g/mol. The molecule has 0 bridgehead atoms. The molecular weight excluding hydrogens is 367 g/mol. The highest BCUT2D eigenvalue weighted by Crippen LogP contribution is 2.24. The first kappa shape index (κ1) is 18.5. The zero-order valence-electron chi connectivity index (χ0n) is 14.7. The largest absolute Gasteiger partial charge is 0.325 e. The van der Waals surface area contributed by atoms with Crippen molar-refractivity contribution in [3.05, 3.63) is 70.5 Å². The van der Waals surface area contributed by atoms with Crippen LogP contribution in [0.1, 0.15) is 20.9 Å². The highest BCUT2D eigenvalue weighted by molar-refractivity contribution is 7.17. The highest BCUT2D eigenvalue weighted by atomic mass is 32.1. The topological polar surface area (TPSA) is 83.1 Å². The SMILES string of the molecule is Cc1ccc(NC(=O)Nc2nc(C)c(C(=O)Nc3ccc(F)cc3)s2)cc1. The first-order chi connectivity index (χ1) is 12.9. The van der Waals surface area contributed by atoms with Crippen LogP contribution >= 0.6 is 11.3 Å². The van der Waals surface area contributed by atoms with E-state index in [1.165, 1.54) is 24.3 Å². The molecule has 0 atom stereocenters. The Labute approximate surface area is 159 Å². The molecule has 0 aliphatic heterocycles. The van der Waals surface area contributed by atoms with Gasteiger partial charge in [0.2, 0.25) is 0 Å². The number of amides is 3. The molecular formula is C19H17FN4O2S. The van der Waals surface area contributed by atoms with Gasteiger partial charge in [-0.05, 0) is 50.2 Å². The molecule has 3 rings (SSSR count). The van der Waals surface area contributed by atoms with Crippen molar-refractivity contribution in [1.82, 2.24) is 4.98 Å². The molecule has 2 aromatic carbocycles. The second-order valence-electron chi connectivity index (χ2n) is 5.84. The van der Waals surface area contributed by atoms with Gasteiger partial charge in [-0.1, -0.05) is 29.0 Å². The fourth-order valence-corrected chi connectivity index (χ4v) is 3.13. The Kier molecular flexibility index (Phi) is 5.46. The minimum absolute atomic E-state index is 0.307. The number of hydrogen-bond donors (Lipinski definition) is 3. The average Bonchev–Trinajstić information content (AvgIpc) is 2.99. The van der Waals surface area contributed by atoms with E-state index in [0.717, 1.165) is 16.9 Å². The van der Waals surface area contributed by atoms with Crippen molar-refractivity contribution in [2.75, 3.05) is 16.0 Å². The second kappa shape index (κ2) is 7.96. The quantitative estimate of drug-likeness (QED) is 0.604. The lowest BCUT2D eigenvalue weighted by Crippen LogP contribution is -2.19. The maximum absolute atomic E-state index is 12.9. The minimum atomic E-state index is -0.446. The summed E-state index contributed by atoms with van der Waals surface area (Å²) in [4.78, 5) is 29.0. The molecule has 138 valence electrons. The zero-order valence-corrected chi connectivity index (χ0v) is 15.5. The van der Waals surface area contributed by atoms with Crippen LogP contribution < -0.4 is 16.0 Å². The number of aryl methyl sites for hydroxylation is 2. The molecule has 8 heteroatoms. The molecule has 0 aliphatic rings. The average molecular weight is 384 g/mol. The van der Waals surface area contributed by atoms with Crippen molar-refractivity contribution in [2.24, 2.45) is 0 Å². The number of urea groups is 1. The number of benzene rings is 2. The molecule has 0 saturated heterocycles. The van der Waals surface area contributed by atoms with Crippen LogP contribution in [0, 0.1) is 19.7 Å². The Morgan fingerprint density at radius 2 is 1.48 bits per heavy atom. The Morgan fingerprint density at radius 3 is 2.15 bits per heavy atom. The van der Waals surface area contributed by atoms with Gasteiger partial charge in [-0.25, -0.2) is 14.2 Å². The van der Waals surface area contributed by atoms with Crippen molar-refractivity contribution >= 4 is 39.8 Å². The highest BCUT2D eigenvalue weighted by Gasteiger charge is 2.17. The standard InChI is InChI=1S/C19H17FN4O2S/c1-11-3-7-15(8-4-11)23-18(26)24-19-21-12(2)16(27-19)17(25)22-14-9-5-13(20)6-10-14/h3-10H,1-2H3,(H,22,25)(H2,21,23,24,26). The fraction of sp³-hybridized carbons (Fsp3) is 0.105. The van der Waals surface area contributed by atoms with Gasteiger partial charge >= 0.3 is 6.03 Å². The molecule has 0 spiro atoms. The van der Waals surface area contributed by atoms with Gasteiger partial charge in [0, 0.05) is 11.4 Å². The Balaban J connectivity index is 1.64. The first-order valence-corrected chi connectivity index (χ1v) is 8.91. The number of hydrogen-bond acceptors (Lipinski definition) is 4. The van der Waals surface area contributed by atoms with E-state index in [1.54, 1.807) is 19.1 Å². The maximum atomic E-state index is 12.9. The van der Waals surface area contributed by atoms with Crippen molar-refractivity contribution < 1.29 is 14.0 Å². The number of nitrogens with one attached hydrogen (secondary N) is 3. The summed E-state index contributed by atoms with van der Waals surface area (Å²) in [6.07, 6.45) is 0. The molecule has 3 aromatic rings. The lowest BCUT2D eigenvalue weighted by molar-refractivity contribution is 0.102. The van der Waals surface area contributed by atoms with Crippen LogP contribution in [0.2, 0.25) is 0 Å². The van der Waals surface area contributed by atoms with Crippen LogP contribution in [0.25, 0.3) is 0 Å². The van der Waals surface area contributed by atoms with Crippen LogP contribution in [0.15, 0.2) is 48.5 Å². The van der Waals surface area contributed by atoms with E-state index < -0.39 is 6.03 Å². The van der Waals surface area contributed by atoms with E-state index >= 15 is 0 Å². The van der Waals surface area contributed by atoms with Gasteiger partial charge in [-0.3, -0.25) is 10.1 Å². The molecule has 3 N–H and O–H groups in total. The molecule has 1 aromatic heterocycles. The number of halogens is 1. The second-order valence-corrected chi connectivity index (χ2v) is 6.84. The van der Waals surface area contributed by atoms with Gasteiger partial charge in [0.25, 0.3) is 5.91 Å². The van der Waals surface area contributed by atoms with E-state index in [4.69, 9.17) is 0 Å². The van der Waals surface area contributed by atoms with E-state index in [0.29, 0.717) is 27.1 Å². The third kappa shape index (κ3) is 4.89. The van der Waals surface area contributed by atoms with Gasteiger partial charge in [0.05, 0.1) is 5.69 Å². The number of carbonyl (C=O) groups is 2. The molecule has 0 unspecified atom stereocenters. The summed E-state index contributed by atoms with van der Waals surface area (Å²) in [5, 5.41) is 8.30. The van der Waals surface area contributed by atoms with Gasteiger partial charge in [0.1, 0.15) is 10.7 Å². The van der Waals surface area contributed by atoms with Gasteiger partial charge in [-0.2, -0.15) is 0 Å². The lowest BCUT2D eigenvalue weighted by atomic mass is 10.2. The number of rotatable bonds is 4. The fourth-order valence-electron chi connectivity index (χ4n) is 2.28. The lowest BCUT2D eigenvalue weighted by Gasteiger charge is -2.05. The summed E-state index contributed by atoms with van der Waals surface area (Å²) >= 11 is 1.06. The molecule has 3 amide bonds. The molecule has 0 radical (unpaired) electrons. The van der Waals surface area contributed by atoms with Crippen LogP contribution in [-0.2, 0) is 0 Å². The van der Waals surface area contributed by atoms with Crippen LogP contribution in [0.3, 0.4) is 0 Å². The Morgan fingerprint density at radius 1 is 0.889 bits per heavy atom. The molecule has 0 aliphatic carbocycles. The zero-order chi connectivity index (χ0) is 19.4. The van der Waals surface area contributed by atoms with E-state index in [2.05, 4.69) is 20.9 Å². The van der Waals surface area contributed by atoms with Gasteiger partial charge in [-0.15, -0.1) is 0 Å². The van der Waals surface area contributed by atoms with E-state index in [1.807, 2.05) is 19.1 Å². The summed E-state index contributed by atoms with van der Waals surface area (Å²) in [6.45, 7) is 3.64. The summed E-state index contributed by atoms with van der Waals surface area (Å²) in [7, 11) is 0. The van der Waals surface area contributed by atoms with E-state index in [-0.39, 0.29) is 11.7 Å². The number of nitrogens with zero attached hydrogens (tertiary/aromatic N) is 1. The van der Waals surface area contributed by atoms with Gasteiger partial charge < -0.3 is 10.6 Å². The normalized spacial score (nSPS) is 10.3.